The predicted octanol–water partition coefficient (Wildman–Crippen LogP) is 3.11. The summed E-state index contributed by atoms with van der Waals surface area (Å²) in [7, 11) is 1.94. The van der Waals surface area contributed by atoms with Crippen molar-refractivity contribution in [3.63, 3.8) is 0 Å². The summed E-state index contributed by atoms with van der Waals surface area (Å²) in [5, 5.41) is 5.35. The van der Waals surface area contributed by atoms with Crippen LogP contribution in [0.2, 0.25) is 0 Å². The summed E-state index contributed by atoms with van der Waals surface area (Å²) < 4.78 is 1.16. The molecule has 0 aliphatic carbocycles. The van der Waals surface area contributed by atoms with E-state index in [1.807, 2.05) is 26.4 Å². The largest absolute Gasteiger partial charge is 0.310 e. The molecule has 5 heteroatoms. The zero-order chi connectivity index (χ0) is 12.3. The van der Waals surface area contributed by atoms with E-state index in [0.717, 1.165) is 22.3 Å². The van der Waals surface area contributed by atoms with Gasteiger partial charge in [-0.1, -0.05) is 0 Å². The second kappa shape index (κ2) is 5.71. The van der Waals surface area contributed by atoms with Crippen LogP contribution in [-0.2, 0) is 6.42 Å². The summed E-state index contributed by atoms with van der Waals surface area (Å²) in [6, 6.07) is 2.23. The van der Waals surface area contributed by atoms with Crippen LogP contribution in [0.15, 0.2) is 28.3 Å². The Labute approximate surface area is 113 Å². The van der Waals surface area contributed by atoms with Crippen molar-refractivity contribution in [1.82, 2.24) is 15.3 Å². The molecule has 0 bridgehead atoms. The van der Waals surface area contributed by atoms with Gasteiger partial charge in [-0.05, 0) is 46.9 Å². The molecule has 2 rings (SSSR count). The Kier molecular flexibility index (Phi) is 4.25. The normalized spacial score (nSPS) is 12.6. The van der Waals surface area contributed by atoms with Crippen LogP contribution < -0.4 is 5.32 Å². The first kappa shape index (κ1) is 12.7. The number of thiophene rings is 1. The predicted molar refractivity (Wildman–Crippen MR) is 74.3 cm³/mol. The lowest BCUT2D eigenvalue weighted by Crippen LogP contribution is -2.21. The number of nitrogens with zero attached hydrogens (tertiary/aromatic N) is 2. The lowest BCUT2D eigenvalue weighted by molar-refractivity contribution is 0.559. The summed E-state index contributed by atoms with van der Waals surface area (Å²) in [5.41, 5.74) is 1.08. The van der Waals surface area contributed by atoms with Crippen molar-refractivity contribution in [3.8, 4) is 0 Å². The zero-order valence-corrected chi connectivity index (χ0v) is 12.2. The molecule has 1 atom stereocenters. The molecule has 17 heavy (non-hydrogen) atoms. The van der Waals surface area contributed by atoms with Crippen LogP contribution in [0.25, 0.3) is 0 Å². The van der Waals surface area contributed by atoms with Crippen LogP contribution in [0.4, 0.5) is 0 Å². The first-order valence-corrected chi connectivity index (χ1v) is 7.05. The van der Waals surface area contributed by atoms with Crippen molar-refractivity contribution >= 4 is 27.3 Å². The number of aromatic nitrogens is 2. The van der Waals surface area contributed by atoms with Gasteiger partial charge in [-0.25, -0.2) is 9.97 Å². The maximum Gasteiger partial charge on any atom is 0.145 e. The highest BCUT2D eigenvalue weighted by atomic mass is 79.9. The van der Waals surface area contributed by atoms with Gasteiger partial charge in [0.15, 0.2) is 0 Å². The van der Waals surface area contributed by atoms with Crippen molar-refractivity contribution in [2.45, 2.75) is 19.4 Å². The fraction of sp³-hybridized carbons (Fsp3) is 0.333. The van der Waals surface area contributed by atoms with Gasteiger partial charge in [0, 0.05) is 28.2 Å². The van der Waals surface area contributed by atoms with Crippen molar-refractivity contribution < 1.29 is 0 Å². The molecule has 0 aliphatic rings. The molecule has 1 N–H and O–H groups in total. The number of aryl methyl sites for hydroxylation is 1. The Morgan fingerprint density at radius 3 is 2.65 bits per heavy atom. The van der Waals surface area contributed by atoms with Crippen molar-refractivity contribution in [2.75, 3.05) is 7.05 Å². The molecule has 3 nitrogen and oxygen atoms in total. The number of hydrogen-bond acceptors (Lipinski definition) is 4. The van der Waals surface area contributed by atoms with Gasteiger partial charge < -0.3 is 5.32 Å². The van der Waals surface area contributed by atoms with Gasteiger partial charge in [-0.2, -0.15) is 0 Å². The summed E-state index contributed by atoms with van der Waals surface area (Å²) in [6.45, 7) is 1.99. The summed E-state index contributed by atoms with van der Waals surface area (Å²) in [5.74, 6) is 0.846. The fourth-order valence-electron chi connectivity index (χ4n) is 1.56. The highest BCUT2D eigenvalue weighted by Crippen LogP contribution is 2.27. The number of rotatable bonds is 4. The number of hydrogen-bond donors (Lipinski definition) is 1. The van der Waals surface area contributed by atoms with Gasteiger partial charge >= 0.3 is 0 Å². The van der Waals surface area contributed by atoms with Crippen LogP contribution in [0.1, 0.15) is 22.3 Å². The second-order valence-electron chi connectivity index (χ2n) is 3.86. The Hall–Kier alpha value is -0.780. The Bertz CT molecular complexity index is 481. The zero-order valence-electron chi connectivity index (χ0n) is 9.77. The van der Waals surface area contributed by atoms with Crippen LogP contribution >= 0.6 is 27.3 Å². The first-order valence-electron chi connectivity index (χ1n) is 5.38. The van der Waals surface area contributed by atoms with Gasteiger partial charge in [-0.15, -0.1) is 11.3 Å². The quantitative estimate of drug-likeness (QED) is 0.942. The number of nitrogens with one attached hydrogen (secondary N) is 1. The Morgan fingerprint density at radius 1 is 1.41 bits per heavy atom. The summed E-state index contributed by atoms with van der Waals surface area (Å²) in [6.07, 6.45) is 4.62. The minimum atomic E-state index is 0.158. The molecule has 2 heterocycles. The maximum absolute atomic E-state index is 4.38. The smallest absolute Gasteiger partial charge is 0.145 e. The molecule has 0 saturated heterocycles. The highest BCUT2D eigenvalue weighted by Gasteiger charge is 2.15. The Morgan fingerprint density at radius 2 is 2.12 bits per heavy atom. The van der Waals surface area contributed by atoms with Gasteiger partial charge in [0.05, 0.1) is 6.04 Å². The fourth-order valence-corrected chi connectivity index (χ4v) is 3.12. The molecule has 0 aromatic carbocycles. The van der Waals surface area contributed by atoms with Crippen molar-refractivity contribution in [2.24, 2.45) is 0 Å². The third kappa shape index (κ3) is 3.12. The molecule has 0 radical (unpaired) electrons. The molecular weight excluding hydrogens is 298 g/mol. The molecule has 2 aromatic heterocycles. The van der Waals surface area contributed by atoms with E-state index in [9.17, 15) is 0 Å². The Balaban J connectivity index is 2.17. The van der Waals surface area contributed by atoms with Gasteiger partial charge in [0.2, 0.25) is 0 Å². The van der Waals surface area contributed by atoms with Crippen LogP contribution in [-0.4, -0.2) is 17.0 Å². The van der Waals surface area contributed by atoms with E-state index in [0.29, 0.717) is 0 Å². The lowest BCUT2D eigenvalue weighted by atomic mass is 10.1. The van der Waals surface area contributed by atoms with Gasteiger partial charge in [0.25, 0.3) is 0 Å². The maximum atomic E-state index is 4.38. The number of likely N-dealkylation sites (N-methyl/N-ethyl adjacent to an activating group) is 1. The molecule has 0 saturated carbocycles. The number of halogens is 1. The summed E-state index contributed by atoms with van der Waals surface area (Å²) >= 11 is 5.30. The molecule has 0 fully saturated rings. The van der Waals surface area contributed by atoms with Crippen LogP contribution in [0, 0.1) is 6.92 Å². The highest BCUT2D eigenvalue weighted by molar-refractivity contribution is 9.10. The molecule has 0 aliphatic heterocycles. The van der Waals surface area contributed by atoms with E-state index in [4.69, 9.17) is 0 Å². The standard InChI is InChI=1S/C12H14BrN3S/c1-8-6-15-12(16-7-8)10(14-2)5-11-9(13)3-4-17-11/h3-4,6-7,10,14H,5H2,1-2H3. The SMILES string of the molecule is CNC(Cc1sccc1Br)c1ncc(C)cn1. The third-order valence-corrected chi connectivity index (χ3v) is 4.49. The molecule has 0 amide bonds. The van der Waals surface area contributed by atoms with E-state index >= 15 is 0 Å². The topological polar surface area (TPSA) is 37.8 Å². The minimum Gasteiger partial charge on any atom is -0.310 e. The molecule has 0 spiro atoms. The molecule has 2 aromatic rings. The van der Waals surface area contributed by atoms with Gasteiger partial charge in [-0.3, -0.25) is 0 Å². The van der Waals surface area contributed by atoms with E-state index in [1.165, 1.54) is 4.88 Å². The molecule has 90 valence electrons. The lowest BCUT2D eigenvalue weighted by Gasteiger charge is -2.14. The molecular formula is C12H14BrN3S. The van der Waals surface area contributed by atoms with Gasteiger partial charge in [0.1, 0.15) is 5.82 Å². The van der Waals surface area contributed by atoms with E-state index in [-0.39, 0.29) is 6.04 Å². The van der Waals surface area contributed by atoms with E-state index in [1.54, 1.807) is 11.3 Å². The average Bonchev–Trinajstić information content (AvgIpc) is 2.73. The monoisotopic (exact) mass is 311 g/mol. The van der Waals surface area contributed by atoms with Crippen LogP contribution in [0.5, 0.6) is 0 Å². The van der Waals surface area contributed by atoms with E-state index in [2.05, 4.69) is 42.7 Å². The summed E-state index contributed by atoms with van der Waals surface area (Å²) in [4.78, 5) is 10.1. The minimum absolute atomic E-state index is 0.158. The van der Waals surface area contributed by atoms with E-state index < -0.39 is 0 Å². The van der Waals surface area contributed by atoms with Crippen molar-refractivity contribution in [3.05, 3.63) is 44.6 Å². The third-order valence-electron chi connectivity index (χ3n) is 2.54. The van der Waals surface area contributed by atoms with Crippen LogP contribution in [0.3, 0.4) is 0 Å². The van der Waals surface area contributed by atoms with Crippen molar-refractivity contribution in [1.29, 1.82) is 0 Å². The second-order valence-corrected chi connectivity index (χ2v) is 5.71. The molecule has 1 unspecified atom stereocenters. The average molecular weight is 312 g/mol. The first-order chi connectivity index (χ1) is 8.20.